The Labute approximate surface area is 137 Å². The molecule has 1 amide bonds. The number of hydrogen-bond donors (Lipinski definition) is 2. The van der Waals surface area contributed by atoms with E-state index >= 15 is 0 Å². The van der Waals surface area contributed by atoms with Crippen molar-refractivity contribution in [1.29, 1.82) is 0 Å². The Hall–Kier alpha value is -1.95. The van der Waals surface area contributed by atoms with Gasteiger partial charge in [0.15, 0.2) is 0 Å². The molecule has 128 valence electrons. The molecular weight excluding hydrogens is 296 g/mol. The fourth-order valence-corrected chi connectivity index (χ4v) is 2.43. The number of benzene rings is 1. The van der Waals surface area contributed by atoms with Crippen LogP contribution in [0.25, 0.3) is 0 Å². The van der Waals surface area contributed by atoms with E-state index in [0.29, 0.717) is 13.2 Å². The minimum absolute atomic E-state index is 0.222. The second kappa shape index (κ2) is 7.08. The zero-order valence-corrected chi connectivity index (χ0v) is 14.2. The molecular formula is C17H26N2O4. The van der Waals surface area contributed by atoms with Crippen molar-refractivity contribution in [2.45, 2.75) is 45.4 Å². The van der Waals surface area contributed by atoms with E-state index in [2.05, 4.69) is 5.32 Å². The van der Waals surface area contributed by atoms with Gasteiger partial charge in [-0.05, 0) is 52.0 Å². The van der Waals surface area contributed by atoms with Crippen molar-refractivity contribution in [3.05, 3.63) is 24.3 Å². The molecule has 1 fully saturated rings. The lowest BCUT2D eigenvalue weighted by molar-refractivity contribution is 0.0270. The molecule has 0 bridgehead atoms. The molecule has 0 aliphatic carbocycles. The third-order valence-electron chi connectivity index (χ3n) is 3.46. The number of ether oxygens (including phenoxy) is 2. The first-order valence-corrected chi connectivity index (χ1v) is 7.94. The summed E-state index contributed by atoms with van der Waals surface area (Å²) in [6, 6.07) is 7.32. The number of hydrogen-bond acceptors (Lipinski definition) is 5. The van der Waals surface area contributed by atoms with E-state index in [1.165, 1.54) is 4.90 Å². The van der Waals surface area contributed by atoms with Gasteiger partial charge in [0.2, 0.25) is 0 Å². The summed E-state index contributed by atoms with van der Waals surface area (Å²) in [5, 5.41) is 13.4. The quantitative estimate of drug-likeness (QED) is 0.891. The maximum atomic E-state index is 12.1. The van der Waals surface area contributed by atoms with Gasteiger partial charge in [-0.1, -0.05) is 0 Å². The van der Waals surface area contributed by atoms with E-state index in [4.69, 9.17) is 9.47 Å². The summed E-state index contributed by atoms with van der Waals surface area (Å²) in [7, 11) is 0. The van der Waals surface area contributed by atoms with Crippen molar-refractivity contribution >= 4 is 11.8 Å². The monoisotopic (exact) mass is 322 g/mol. The minimum atomic E-state index is -0.630. The average Bonchev–Trinajstić information content (AvgIpc) is 2.81. The van der Waals surface area contributed by atoms with E-state index < -0.39 is 17.8 Å². The largest absolute Gasteiger partial charge is 0.494 e. The first kappa shape index (κ1) is 17.4. The molecule has 0 radical (unpaired) electrons. The lowest BCUT2D eigenvalue weighted by Gasteiger charge is -2.24. The summed E-state index contributed by atoms with van der Waals surface area (Å²) >= 11 is 0. The van der Waals surface area contributed by atoms with Gasteiger partial charge in [0.1, 0.15) is 11.4 Å². The van der Waals surface area contributed by atoms with Crippen LogP contribution in [0.1, 0.15) is 27.7 Å². The molecule has 2 N–H and O–H groups in total. The molecule has 2 atom stereocenters. The van der Waals surface area contributed by atoms with Crippen molar-refractivity contribution in [2.75, 3.05) is 25.0 Å². The number of anilines is 1. The van der Waals surface area contributed by atoms with Crippen LogP contribution in [0, 0.1) is 0 Å². The van der Waals surface area contributed by atoms with Crippen LogP contribution < -0.4 is 10.1 Å². The zero-order valence-electron chi connectivity index (χ0n) is 14.2. The number of rotatable bonds is 4. The number of β-amino-alcohol motifs (C(OH)–C–C–N with tert-alkyl or cyclic N) is 1. The molecule has 1 saturated heterocycles. The number of carbonyl (C=O) groups excluding carboxylic acids is 1. The van der Waals surface area contributed by atoms with Crippen LogP contribution in [0.3, 0.4) is 0 Å². The van der Waals surface area contributed by atoms with Crippen LogP contribution in [0.2, 0.25) is 0 Å². The Morgan fingerprint density at radius 3 is 2.52 bits per heavy atom. The Bertz CT molecular complexity index is 524. The van der Waals surface area contributed by atoms with Gasteiger partial charge in [0.05, 0.1) is 25.3 Å². The van der Waals surface area contributed by atoms with Crippen LogP contribution in [0.5, 0.6) is 5.75 Å². The van der Waals surface area contributed by atoms with Crippen LogP contribution in [0.4, 0.5) is 10.5 Å². The lowest BCUT2D eigenvalue weighted by atomic mass is 10.2. The highest BCUT2D eigenvalue weighted by atomic mass is 16.6. The molecule has 0 spiro atoms. The van der Waals surface area contributed by atoms with Crippen molar-refractivity contribution in [3.8, 4) is 5.75 Å². The smallest absolute Gasteiger partial charge is 0.410 e. The summed E-state index contributed by atoms with van der Waals surface area (Å²) in [4.78, 5) is 13.6. The van der Waals surface area contributed by atoms with Gasteiger partial charge in [-0.25, -0.2) is 4.79 Å². The number of aliphatic hydroxyl groups is 1. The average molecular weight is 322 g/mol. The van der Waals surface area contributed by atoms with E-state index in [1.54, 1.807) is 0 Å². The van der Waals surface area contributed by atoms with E-state index in [-0.39, 0.29) is 12.6 Å². The summed E-state index contributed by atoms with van der Waals surface area (Å²) in [6.45, 7) is 8.71. The molecule has 23 heavy (non-hydrogen) atoms. The van der Waals surface area contributed by atoms with Crippen molar-refractivity contribution in [1.82, 2.24) is 4.90 Å². The molecule has 1 aromatic rings. The topological polar surface area (TPSA) is 71.0 Å². The first-order valence-electron chi connectivity index (χ1n) is 7.94. The number of nitrogens with one attached hydrogen (secondary N) is 1. The van der Waals surface area contributed by atoms with Crippen molar-refractivity contribution in [3.63, 3.8) is 0 Å². The van der Waals surface area contributed by atoms with E-state index in [1.807, 2.05) is 52.0 Å². The highest BCUT2D eigenvalue weighted by Gasteiger charge is 2.36. The predicted octanol–water partition coefficient (Wildman–Crippen LogP) is 2.48. The molecule has 6 nitrogen and oxygen atoms in total. The Morgan fingerprint density at radius 2 is 1.96 bits per heavy atom. The van der Waals surface area contributed by atoms with Gasteiger partial charge in [-0.3, -0.25) is 0 Å². The number of nitrogens with zero attached hydrogens (tertiary/aromatic N) is 1. The molecule has 0 saturated carbocycles. The highest BCUT2D eigenvalue weighted by Crippen LogP contribution is 2.21. The third kappa shape index (κ3) is 5.03. The third-order valence-corrected chi connectivity index (χ3v) is 3.46. The van der Waals surface area contributed by atoms with Crippen LogP contribution >= 0.6 is 0 Å². The molecule has 0 aromatic heterocycles. The standard InChI is InChI=1S/C17H26N2O4/c1-5-22-13-8-6-12(7-9-13)18-14-10-19(11-15(14)20)16(21)23-17(2,3)4/h6-9,14-15,18,20H,5,10-11H2,1-4H3/t14-,15-/m1/s1. The van der Waals surface area contributed by atoms with E-state index in [9.17, 15) is 9.90 Å². The van der Waals surface area contributed by atoms with Crippen LogP contribution in [-0.4, -0.2) is 53.5 Å². The summed E-state index contributed by atoms with van der Waals surface area (Å²) < 4.78 is 10.7. The highest BCUT2D eigenvalue weighted by molar-refractivity contribution is 5.69. The number of aliphatic hydroxyl groups excluding tert-OH is 1. The second-order valence-electron chi connectivity index (χ2n) is 6.66. The SMILES string of the molecule is CCOc1ccc(N[C@@H]2CN(C(=O)OC(C)(C)C)C[C@H]2O)cc1. The minimum Gasteiger partial charge on any atom is -0.494 e. The molecule has 1 aliphatic rings. The molecule has 6 heteroatoms. The Morgan fingerprint density at radius 1 is 1.30 bits per heavy atom. The van der Waals surface area contributed by atoms with E-state index in [0.717, 1.165) is 11.4 Å². The van der Waals surface area contributed by atoms with Gasteiger partial charge >= 0.3 is 6.09 Å². The summed E-state index contributed by atoms with van der Waals surface area (Å²) in [5.41, 5.74) is 0.339. The molecule has 1 heterocycles. The number of amides is 1. The zero-order chi connectivity index (χ0) is 17.0. The van der Waals surface area contributed by atoms with Gasteiger partial charge in [-0.2, -0.15) is 0 Å². The molecule has 0 unspecified atom stereocenters. The van der Waals surface area contributed by atoms with Gasteiger partial charge < -0.3 is 24.8 Å². The molecule has 2 rings (SSSR count). The summed E-state index contributed by atoms with van der Waals surface area (Å²) in [5.74, 6) is 0.806. The normalized spacial score (nSPS) is 21.2. The van der Waals surface area contributed by atoms with Crippen molar-refractivity contribution < 1.29 is 19.4 Å². The predicted molar refractivity (Wildman–Crippen MR) is 88.8 cm³/mol. The Balaban J connectivity index is 1.92. The van der Waals surface area contributed by atoms with Crippen LogP contribution in [-0.2, 0) is 4.74 Å². The fraction of sp³-hybridized carbons (Fsp3) is 0.588. The summed E-state index contributed by atoms with van der Waals surface area (Å²) in [6.07, 6.45) is -1.03. The lowest BCUT2D eigenvalue weighted by Crippen LogP contribution is -2.36. The van der Waals surface area contributed by atoms with Gasteiger partial charge in [-0.15, -0.1) is 0 Å². The maximum Gasteiger partial charge on any atom is 0.410 e. The van der Waals surface area contributed by atoms with Crippen LogP contribution in [0.15, 0.2) is 24.3 Å². The number of carbonyl (C=O) groups is 1. The molecule has 1 aromatic carbocycles. The van der Waals surface area contributed by atoms with Gasteiger partial charge in [0.25, 0.3) is 0 Å². The van der Waals surface area contributed by atoms with Gasteiger partial charge in [0, 0.05) is 12.2 Å². The number of likely N-dealkylation sites (tertiary alicyclic amines) is 1. The molecule has 1 aliphatic heterocycles. The van der Waals surface area contributed by atoms with Crippen molar-refractivity contribution in [2.24, 2.45) is 0 Å². The fourth-order valence-electron chi connectivity index (χ4n) is 2.43. The Kier molecular flexibility index (Phi) is 5.36. The maximum absolute atomic E-state index is 12.1. The second-order valence-corrected chi connectivity index (χ2v) is 6.66. The first-order chi connectivity index (χ1) is 10.8.